The number of carbonyl (C=O) groups excluding carboxylic acids is 1. The molecule has 0 N–H and O–H groups in total. The van der Waals surface area contributed by atoms with E-state index in [1.165, 1.54) is 0 Å². The van der Waals surface area contributed by atoms with Crippen molar-refractivity contribution in [1.29, 1.82) is 0 Å². The van der Waals surface area contributed by atoms with E-state index in [0.717, 1.165) is 30.2 Å². The smallest absolute Gasteiger partial charge is 0.254 e. The average Bonchev–Trinajstić information content (AvgIpc) is 2.94. The highest BCUT2D eigenvalue weighted by atomic mass is 16.5. The van der Waals surface area contributed by atoms with Gasteiger partial charge in [-0.2, -0.15) is 0 Å². The molecule has 25 heavy (non-hydrogen) atoms. The minimum Gasteiger partial charge on any atom is -0.374 e. The highest BCUT2D eigenvalue weighted by Gasteiger charge is 2.39. The van der Waals surface area contributed by atoms with Crippen LogP contribution in [-0.4, -0.2) is 59.7 Å². The lowest BCUT2D eigenvalue weighted by molar-refractivity contribution is 0.0498. The predicted molar refractivity (Wildman–Crippen MR) is 94.6 cm³/mol. The Morgan fingerprint density at radius 1 is 1.12 bits per heavy atom. The van der Waals surface area contributed by atoms with Gasteiger partial charge in [-0.05, 0) is 24.6 Å². The zero-order valence-electron chi connectivity index (χ0n) is 14.3. The van der Waals surface area contributed by atoms with Crippen LogP contribution in [0.1, 0.15) is 15.9 Å². The number of aryl methyl sites for hydroxylation is 1. The van der Waals surface area contributed by atoms with Crippen LogP contribution in [0.3, 0.4) is 0 Å². The van der Waals surface area contributed by atoms with Gasteiger partial charge in [0.25, 0.3) is 5.91 Å². The van der Waals surface area contributed by atoms with E-state index in [1.54, 1.807) is 12.4 Å². The number of anilines is 1. The number of aromatic nitrogens is 2. The van der Waals surface area contributed by atoms with Gasteiger partial charge in [-0.15, -0.1) is 0 Å². The predicted octanol–water partition coefficient (Wildman–Crippen LogP) is 1.76. The summed E-state index contributed by atoms with van der Waals surface area (Å²) >= 11 is 0. The molecule has 3 heterocycles. The van der Waals surface area contributed by atoms with Crippen molar-refractivity contribution in [1.82, 2.24) is 14.9 Å². The molecule has 1 amide bonds. The van der Waals surface area contributed by atoms with E-state index >= 15 is 0 Å². The first-order chi connectivity index (χ1) is 12.2. The second-order valence-corrected chi connectivity index (χ2v) is 6.69. The first-order valence-corrected chi connectivity index (χ1v) is 8.71. The zero-order valence-corrected chi connectivity index (χ0v) is 14.3. The van der Waals surface area contributed by atoms with Crippen LogP contribution in [0.2, 0.25) is 0 Å². The Labute approximate surface area is 147 Å². The molecule has 1 aromatic heterocycles. The second kappa shape index (κ2) is 6.80. The van der Waals surface area contributed by atoms with Crippen molar-refractivity contribution in [3.8, 4) is 0 Å². The van der Waals surface area contributed by atoms with E-state index in [9.17, 15) is 4.79 Å². The molecule has 6 nitrogen and oxygen atoms in total. The minimum atomic E-state index is 0.0849. The Morgan fingerprint density at radius 2 is 1.92 bits per heavy atom. The number of hydrogen-bond donors (Lipinski definition) is 0. The van der Waals surface area contributed by atoms with E-state index in [2.05, 4.69) is 14.9 Å². The topological polar surface area (TPSA) is 58.6 Å². The molecule has 2 aliphatic rings. The summed E-state index contributed by atoms with van der Waals surface area (Å²) in [5, 5.41) is 0. The third-order valence-corrected chi connectivity index (χ3v) is 5.03. The second-order valence-electron chi connectivity index (χ2n) is 6.69. The number of fused-ring (bicyclic) bond motifs is 1. The van der Waals surface area contributed by atoms with Crippen LogP contribution in [0.4, 0.5) is 5.95 Å². The molecule has 0 saturated carbocycles. The number of rotatable bonds is 2. The summed E-state index contributed by atoms with van der Waals surface area (Å²) in [5.41, 5.74) is 1.79. The Bertz CT molecular complexity index is 752. The van der Waals surface area contributed by atoms with Gasteiger partial charge in [0.2, 0.25) is 5.95 Å². The summed E-state index contributed by atoms with van der Waals surface area (Å²) in [5.74, 6) is 1.10. The fourth-order valence-electron chi connectivity index (χ4n) is 3.68. The molecule has 2 aromatic rings. The van der Waals surface area contributed by atoms with Gasteiger partial charge < -0.3 is 14.5 Å². The van der Waals surface area contributed by atoms with E-state index in [4.69, 9.17) is 4.74 Å². The van der Waals surface area contributed by atoms with Crippen LogP contribution in [0.15, 0.2) is 42.7 Å². The summed E-state index contributed by atoms with van der Waals surface area (Å²) in [6.07, 6.45) is 3.60. The average molecular weight is 338 g/mol. The summed E-state index contributed by atoms with van der Waals surface area (Å²) in [4.78, 5) is 25.7. The maximum Gasteiger partial charge on any atom is 0.254 e. The number of likely N-dealkylation sites (tertiary alicyclic amines) is 1. The monoisotopic (exact) mass is 338 g/mol. The van der Waals surface area contributed by atoms with Crippen molar-refractivity contribution < 1.29 is 9.53 Å². The van der Waals surface area contributed by atoms with Gasteiger partial charge in [-0.25, -0.2) is 9.97 Å². The molecule has 130 valence electrons. The van der Waals surface area contributed by atoms with Crippen molar-refractivity contribution >= 4 is 11.9 Å². The Kier molecular flexibility index (Phi) is 4.36. The standard InChI is InChI=1S/C19H22N4O2/c1-14-5-2-3-6-16(14)18(24)23-12-15-11-22(9-10-25-17(15)13-23)19-20-7-4-8-21-19/h2-8,15,17H,9-13H2,1H3/t15-,17+/m0/s1. The van der Waals surface area contributed by atoms with Crippen LogP contribution in [-0.2, 0) is 4.74 Å². The lowest BCUT2D eigenvalue weighted by Gasteiger charge is -2.23. The van der Waals surface area contributed by atoms with Crippen LogP contribution < -0.4 is 4.90 Å². The number of amides is 1. The lowest BCUT2D eigenvalue weighted by Crippen LogP contribution is -2.35. The Hall–Kier alpha value is -2.47. The molecular weight excluding hydrogens is 316 g/mol. The largest absolute Gasteiger partial charge is 0.374 e. The molecule has 2 aliphatic heterocycles. The summed E-state index contributed by atoms with van der Waals surface area (Å²) in [6.45, 7) is 5.57. The van der Waals surface area contributed by atoms with Crippen LogP contribution in [0, 0.1) is 12.8 Å². The first-order valence-electron chi connectivity index (χ1n) is 8.71. The molecule has 0 unspecified atom stereocenters. The van der Waals surface area contributed by atoms with Gasteiger partial charge in [-0.3, -0.25) is 4.79 Å². The van der Waals surface area contributed by atoms with Crippen molar-refractivity contribution in [3.05, 3.63) is 53.9 Å². The fourth-order valence-corrected chi connectivity index (χ4v) is 3.68. The van der Waals surface area contributed by atoms with E-state index in [1.807, 2.05) is 42.2 Å². The quantitative estimate of drug-likeness (QED) is 0.835. The molecule has 2 fully saturated rings. The molecule has 0 aliphatic carbocycles. The van der Waals surface area contributed by atoms with Gasteiger partial charge in [0, 0.05) is 50.1 Å². The molecule has 2 saturated heterocycles. The molecule has 1 aromatic carbocycles. The van der Waals surface area contributed by atoms with E-state index in [-0.39, 0.29) is 17.9 Å². The normalized spacial score (nSPS) is 23.2. The van der Waals surface area contributed by atoms with Gasteiger partial charge in [0.15, 0.2) is 0 Å². The molecular formula is C19H22N4O2. The number of ether oxygens (including phenoxy) is 1. The Morgan fingerprint density at radius 3 is 2.72 bits per heavy atom. The fraction of sp³-hybridized carbons (Fsp3) is 0.421. The SMILES string of the molecule is Cc1ccccc1C(=O)N1C[C@@H]2CN(c3ncccn3)CCO[C@@H]2C1. The van der Waals surface area contributed by atoms with E-state index in [0.29, 0.717) is 19.7 Å². The highest BCUT2D eigenvalue weighted by molar-refractivity contribution is 5.95. The zero-order chi connectivity index (χ0) is 17.2. The van der Waals surface area contributed by atoms with Crippen LogP contribution >= 0.6 is 0 Å². The molecule has 0 spiro atoms. The lowest BCUT2D eigenvalue weighted by atomic mass is 10.1. The number of hydrogen-bond acceptors (Lipinski definition) is 5. The molecule has 4 rings (SSSR count). The van der Waals surface area contributed by atoms with Crippen molar-refractivity contribution in [3.63, 3.8) is 0 Å². The third-order valence-electron chi connectivity index (χ3n) is 5.03. The summed E-state index contributed by atoms with van der Waals surface area (Å²) in [6, 6.07) is 9.57. The maximum atomic E-state index is 12.9. The Balaban J connectivity index is 1.49. The summed E-state index contributed by atoms with van der Waals surface area (Å²) < 4.78 is 6.03. The molecule has 0 radical (unpaired) electrons. The van der Waals surface area contributed by atoms with Crippen molar-refractivity contribution in [2.45, 2.75) is 13.0 Å². The van der Waals surface area contributed by atoms with E-state index < -0.39 is 0 Å². The molecule has 6 heteroatoms. The number of nitrogens with zero attached hydrogens (tertiary/aromatic N) is 4. The van der Waals surface area contributed by atoms with Crippen LogP contribution in [0.25, 0.3) is 0 Å². The number of benzene rings is 1. The molecule has 0 bridgehead atoms. The van der Waals surface area contributed by atoms with Gasteiger partial charge in [0.05, 0.1) is 12.7 Å². The number of carbonyl (C=O) groups is 1. The van der Waals surface area contributed by atoms with Gasteiger partial charge in [0.1, 0.15) is 0 Å². The van der Waals surface area contributed by atoms with Gasteiger partial charge >= 0.3 is 0 Å². The first kappa shape index (κ1) is 16.0. The van der Waals surface area contributed by atoms with Gasteiger partial charge in [-0.1, -0.05) is 18.2 Å². The minimum absolute atomic E-state index is 0.0849. The van der Waals surface area contributed by atoms with Crippen molar-refractivity contribution in [2.24, 2.45) is 5.92 Å². The maximum absolute atomic E-state index is 12.9. The molecule has 2 atom stereocenters. The highest BCUT2D eigenvalue weighted by Crippen LogP contribution is 2.26. The van der Waals surface area contributed by atoms with Crippen LogP contribution in [0.5, 0.6) is 0 Å². The van der Waals surface area contributed by atoms with Crippen molar-refractivity contribution in [2.75, 3.05) is 37.7 Å². The third kappa shape index (κ3) is 3.22. The summed E-state index contributed by atoms with van der Waals surface area (Å²) in [7, 11) is 0.